The number of ether oxygens (including phenoxy) is 2. The molecule has 0 saturated heterocycles. The Balaban J connectivity index is 1.28. The quantitative estimate of drug-likeness (QED) is 0.302. The van der Waals surface area contributed by atoms with E-state index in [1.165, 1.54) is 11.8 Å². The topological polar surface area (TPSA) is 86.2 Å². The zero-order valence-corrected chi connectivity index (χ0v) is 21.4. The first-order valence-electron chi connectivity index (χ1n) is 11.0. The minimum absolute atomic E-state index is 0.0307. The lowest BCUT2D eigenvalue weighted by molar-refractivity contribution is -0.118. The lowest BCUT2D eigenvalue weighted by atomic mass is 10.1. The van der Waals surface area contributed by atoms with Crippen LogP contribution in [0.5, 0.6) is 11.5 Å². The Hall–Kier alpha value is -3.43. The number of nitrogens with zero attached hydrogens (tertiary/aromatic N) is 3. The number of benzene rings is 2. The molecule has 0 fully saturated rings. The van der Waals surface area contributed by atoms with Gasteiger partial charge in [0.05, 0.1) is 30.5 Å². The second-order valence-corrected chi connectivity index (χ2v) is 9.65. The maximum Gasteiger partial charge on any atom is 0.230 e. The lowest BCUT2D eigenvalue weighted by Gasteiger charge is -2.06. The van der Waals surface area contributed by atoms with E-state index in [1.807, 2.05) is 67.6 Å². The van der Waals surface area contributed by atoms with Gasteiger partial charge >= 0.3 is 0 Å². The Morgan fingerprint density at radius 1 is 0.943 bits per heavy atom. The summed E-state index contributed by atoms with van der Waals surface area (Å²) in [6.07, 6.45) is 0.765. The maximum absolute atomic E-state index is 12.2. The molecule has 7 nitrogen and oxygen atoms in total. The molecule has 2 aromatic heterocycles. The molecule has 0 radical (unpaired) electrons. The molecule has 4 aromatic rings. The number of methoxy groups -OCH3 is 2. The summed E-state index contributed by atoms with van der Waals surface area (Å²) in [5.41, 5.74) is 3.86. The third-order valence-electron chi connectivity index (χ3n) is 5.25. The third kappa shape index (κ3) is 6.58. The third-order valence-corrected chi connectivity index (χ3v) is 7.40. The number of thioether (sulfide) groups is 1. The molecule has 180 valence electrons. The first kappa shape index (κ1) is 24.7. The molecule has 0 aliphatic rings. The second-order valence-electron chi connectivity index (χ2n) is 7.66. The molecule has 4 rings (SSSR count). The van der Waals surface area contributed by atoms with Gasteiger partial charge < -0.3 is 14.8 Å². The van der Waals surface area contributed by atoms with Gasteiger partial charge in [-0.2, -0.15) is 0 Å². The van der Waals surface area contributed by atoms with Crippen molar-refractivity contribution >= 4 is 29.0 Å². The standard InChI is InChI=1S/C26H26N4O3S2/c1-17-25(35-26(28-17)19-6-10-21(33-3)11-7-19)22-12-13-24(30-29-22)34-16-23(31)27-15-14-18-4-8-20(32-2)9-5-18/h4-13H,14-16H2,1-3H3,(H,27,31). The summed E-state index contributed by atoms with van der Waals surface area (Å²) in [7, 11) is 3.29. The van der Waals surface area contributed by atoms with Gasteiger partial charge in [-0.1, -0.05) is 23.9 Å². The molecule has 2 heterocycles. The highest BCUT2D eigenvalue weighted by Gasteiger charge is 2.14. The number of nitrogens with one attached hydrogen (secondary N) is 1. The predicted octanol–water partition coefficient (Wildman–Crippen LogP) is 5.04. The number of rotatable bonds is 10. The zero-order chi connectivity index (χ0) is 24.6. The Morgan fingerprint density at radius 2 is 1.63 bits per heavy atom. The molecule has 0 unspecified atom stereocenters. The summed E-state index contributed by atoms with van der Waals surface area (Å²) in [4.78, 5) is 17.9. The van der Waals surface area contributed by atoms with Crippen LogP contribution in [0.1, 0.15) is 11.3 Å². The molecule has 0 saturated carbocycles. The minimum atomic E-state index is -0.0307. The van der Waals surface area contributed by atoms with Crippen molar-refractivity contribution in [3.8, 4) is 32.6 Å². The van der Waals surface area contributed by atoms with Gasteiger partial charge in [0, 0.05) is 12.1 Å². The number of aryl methyl sites for hydroxylation is 1. The predicted molar refractivity (Wildman–Crippen MR) is 140 cm³/mol. The summed E-state index contributed by atoms with van der Waals surface area (Å²) in [6, 6.07) is 19.5. The van der Waals surface area contributed by atoms with Crippen LogP contribution in [0.15, 0.2) is 65.7 Å². The van der Waals surface area contributed by atoms with Crippen molar-refractivity contribution in [1.82, 2.24) is 20.5 Å². The monoisotopic (exact) mass is 506 g/mol. The van der Waals surface area contributed by atoms with Crippen molar-refractivity contribution in [3.05, 3.63) is 71.9 Å². The summed E-state index contributed by atoms with van der Waals surface area (Å²) in [5, 5.41) is 13.3. The van der Waals surface area contributed by atoms with Crippen molar-refractivity contribution in [2.45, 2.75) is 18.4 Å². The molecular formula is C26H26N4O3S2. The molecule has 0 bridgehead atoms. The van der Waals surface area contributed by atoms with E-state index < -0.39 is 0 Å². The van der Waals surface area contributed by atoms with Gasteiger partial charge in [0.1, 0.15) is 27.2 Å². The number of aromatic nitrogens is 3. The van der Waals surface area contributed by atoms with Crippen LogP contribution in [0.25, 0.3) is 21.1 Å². The number of carbonyl (C=O) groups excluding carboxylic acids is 1. The first-order valence-corrected chi connectivity index (χ1v) is 12.8. The number of thiazole rings is 1. The molecule has 1 amide bonds. The first-order chi connectivity index (χ1) is 17.1. The molecule has 0 atom stereocenters. The summed E-state index contributed by atoms with van der Waals surface area (Å²) >= 11 is 2.95. The summed E-state index contributed by atoms with van der Waals surface area (Å²) in [6.45, 7) is 2.55. The average Bonchev–Trinajstić information content (AvgIpc) is 3.29. The number of hydrogen-bond acceptors (Lipinski definition) is 8. The fourth-order valence-corrected chi connectivity index (χ4v) is 5.02. The van der Waals surface area contributed by atoms with E-state index in [9.17, 15) is 4.79 Å². The van der Waals surface area contributed by atoms with Gasteiger partial charge in [-0.3, -0.25) is 4.79 Å². The Labute approximate surface area is 212 Å². The van der Waals surface area contributed by atoms with E-state index in [0.717, 1.165) is 50.3 Å². The molecule has 2 aromatic carbocycles. The lowest BCUT2D eigenvalue weighted by Crippen LogP contribution is -2.27. The van der Waals surface area contributed by atoms with Crippen LogP contribution in [0.3, 0.4) is 0 Å². The average molecular weight is 507 g/mol. The highest BCUT2D eigenvalue weighted by molar-refractivity contribution is 7.99. The van der Waals surface area contributed by atoms with Gasteiger partial charge in [-0.05, 0) is 67.4 Å². The fraction of sp³-hybridized carbons (Fsp3) is 0.231. The maximum atomic E-state index is 12.2. The number of hydrogen-bond donors (Lipinski definition) is 1. The molecule has 9 heteroatoms. The SMILES string of the molecule is COc1ccc(CCNC(=O)CSc2ccc(-c3sc(-c4ccc(OC)cc4)nc3C)nn2)cc1. The largest absolute Gasteiger partial charge is 0.497 e. The Kier molecular flexibility index (Phi) is 8.33. The van der Waals surface area contributed by atoms with Gasteiger partial charge in [0.15, 0.2) is 0 Å². The Bertz CT molecular complexity index is 1260. The second kappa shape index (κ2) is 11.8. The van der Waals surface area contributed by atoms with Gasteiger partial charge in [-0.15, -0.1) is 21.5 Å². The highest BCUT2D eigenvalue weighted by Crippen LogP contribution is 2.35. The molecular weight excluding hydrogens is 480 g/mol. The number of amides is 1. The van der Waals surface area contributed by atoms with Gasteiger partial charge in [0.25, 0.3) is 0 Å². The smallest absolute Gasteiger partial charge is 0.230 e. The van der Waals surface area contributed by atoms with Crippen LogP contribution in [-0.2, 0) is 11.2 Å². The van der Waals surface area contributed by atoms with Gasteiger partial charge in [-0.25, -0.2) is 4.98 Å². The van der Waals surface area contributed by atoms with E-state index in [2.05, 4.69) is 15.5 Å². The highest BCUT2D eigenvalue weighted by atomic mass is 32.2. The minimum Gasteiger partial charge on any atom is -0.497 e. The van der Waals surface area contributed by atoms with Crippen molar-refractivity contribution < 1.29 is 14.3 Å². The number of carbonyl (C=O) groups is 1. The van der Waals surface area contributed by atoms with E-state index in [1.54, 1.807) is 25.6 Å². The van der Waals surface area contributed by atoms with E-state index in [-0.39, 0.29) is 11.7 Å². The summed E-state index contributed by atoms with van der Waals surface area (Å²) in [5.74, 6) is 1.89. The van der Waals surface area contributed by atoms with Crippen LogP contribution >= 0.6 is 23.1 Å². The molecule has 35 heavy (non-hydrogen) atoms. The van der Waals surface area contributed by atoms with E-state index >= 15 is 0 Å². The van der Waals surface area contributed by atoms with Crippen molar-refractivity contribution in [3.63, 3.8) is 0 Å². The van der Waals surface area contributed by atoms with Crippen LogP contribution in [0.4, 0.5) is 0 Å². The van der Waals surface area contributed by atoms with Gasteiger partial charge in [0.2, 0.25) is 5.91 Å². The van der Waals surface area contributed by atoms with Crippen LogP contribution in [0.2, 0.25) is 0 Å². The molecule has 0 spiro atoms. The van der Waals surface area contributed by atoms with Crippen LogP contribution in [0, 0.1) is 6.92 Å². The van der Waals surface area contributed by atoms with Crippen molar-refractivity contribution in [2.75, 3.05) is 26.5 Å². The normalized spacial score (nSPS) is 10.7. The Morgan fingerprint density at radius 3 is 2.26 bits per heavy atom. The zero-order valence-electron chi connectivity index (χ0n) is 19.8. The van der Waals surface area contributed by atoms with E-state index in [4.69, 9.17) is 14.5 Å². The van der Waals surface area contributed by atoms with Crippen molar-refractivity contribution in [1.29, 1.82) is 0 Å². The van der Waals surface area contributed by atoms with Crippen LogP contribution in [-0.4, -0.2) is 47.6 Å². The molecule has 1 N–H and O–H groups in total. The van der Waals surface area contributed by atoms with Crippen LogP contribution < -0.4 is 14.8 Å². The van der Waals surface area contributed by atoms with E-state index in [0.29, 0.717) is 11.6 Å². The fourth-order valence-electron chi connectivity index (χ4n) is 3.34. The molecule has 0 aliphatic heterocycles. The summed E-state index contributed by atoms with van der Waals surface area (Å²) < 4.78 is 10.4. The molecule has 0 aliphatic carbocycles. The van der Waals surface area contributed by atoms with Crippen molar-refractivity contribution in [2.24, 2.45) is 0 Å².